The Bertz CT molecular complexity index is 1700. The van der Waals surface area contributed by atoms with Gasteiger partial charge in [-0.1, -0.05) is 54.6 Å². The van der Waals surface area contributed by atoms with Crippen LogP contribution < -0.4 is 5.32 Å². The fraction of sp³-hybridized carbons (Fsp3) is 0.152. The van der Waals surface area contributed by atoms with Gasteiger partial charge < -0.3 is 15.0 Å². The molecule has 1 aromatic heterocycles. The van der Waals surface area contributed by atoms with Crippen molar-refractivity contribution in [2.75, 3.05) is 0 Å². The molecule has 0 spiro atoms. The fourth-order valence-corrected chi connectivity index (χ4v) is 5.03. The molecule has 5 aromatic rings. The molecule has 6 heteroatoms. The van der Waals surface area contributed by atoms with Crippen molar-refractivity contribution >= 4 is 22.8 Å². The van der Waals surface area contributed by atoms with Gasteiger partial charge in [-0.05, 0) is 85.0 Å². The number of aromatic nitrogens is 1. The lowest BCUT2D eigenvalue weighted by molar-refractivity contribution is 0.0697. The zero-order valence-corrected chi connectivity index (χ0v) is 22.0. The van der Waals surface area contributed by atoms with Crippen molar-refractivity contribution in [1.82, 2.24) is 9.88 Å². The first-order valence-electron chi connectivity index (χ1n) is 12.8. The van der Waals surface area contributed by atoms with E-state index in [2.05, 4.69) is 23.7 Å². The van der Waals surface area contributed by atoms with Crippen molar-refractivity contribution in [2.45, 2.75) is 33.4 Å². The van der Waals surface area contributed by atoms with Crippen LogP contribution in [0.4, 0.5) is 4.39 Å². The zero-order valence-electron chi connectivity index (χ0n) is 22.0. The Morgan fingerprint density at radius 2 is 1.67 bits per heavy atom. The van der Waals surface area contributed by atoms with E-state index in [-0.39, 0.29) is 23.3 Å². The number of hydrogen-bond donors (Lipinski definition) is 2. The number of aromatic carboxylic acids is 1. The van der Waals surface area contributed by atoms with E-state index in [1.807, 2.05) is 61.5 Å². The molecule has 5 nitrogen and oxygen atoms in total. The molecular formula is C33H29FN2O3. The molecule has 0 aliphatic rings. The number of aryl methyl sites for hydroxylation is 1. The average molecular weight is 521 g/mol. The third-order valence-electron chi connectivity index (χ3n) is 7.36. The predicted octanol–water partition coefficient (Wildman–Crippen LogP) is 7.30. The number of rotatable bonds is 7. The molecule has 0 bridgehead atoms. The highest BCUT2D eigenvalue weighted by Gasteiger charge is 2.17. The molecule has 1 atom stereocenters. The number of nitrogens with zero attached hydrogens (tertiary/aromatic N) is 1. The number of amides is 1. The number of nitrogens with one attached hydrogen (secondary N) is 1. The summed E-state index contributed by atoms with van der Waals surface area (Å²) in [5, 5.41) is 13.5. The van der Waals surface area contributed by atoms with Crippen molar-refractivity contribution in [3.63, 3.8) is 0 Å². The molecule has 196 valence electrons. The Morgan fingerprint density at radius 3 is 2.38 bits per heavy atom. The molecule has 5 rings (SSSR count). The van der Waals surface area contributed by atoms with E-state index in [1.165, 1.54) is 12.1 Å². The molecule has 0 aliphatic heterocycles. The van der Waals surface area contributed by atoms with Crippen LogP contribution in [0.25, 0.3) is 22.0 Å². The van der Waals surface area contributed by atoms with E-state index in [0.717, 1.165) is 33.3 Å². The van der Waals surface area contributed by atoms with Crippen molar-refractivity contribution in [3.05, 3.63) is 130 Å². The minimum atomic E-state index is -0.948. The normalized spacial score (nSPS) is 11.9. The second-order valence-corrected chi connectivity index (χ2v) is 9.83. The minimum Gasteiger partial charge on any atom is -0.478 e. The minimum absolute atomic E-state index is 0.212. The molecule has 0 radical (unpaired) electrons. The lowest BCUT2D eigenvalue weighted by atomic mass is 9.99. The number of carbonyl (C=O) groups is 2. The lowest BCUT2D eigenvalue weighted by Gasteiger charge is -2.15. The number of benzene rings is 4. The highest BCUT2D eigenvalue weighted by molar-refractivity contribution is 5.99. The highest BCUT2D eigenvalue weighted by Crippen LogP contribution is 2.29. The second kappa shape index (κ2) is 10.6. The largest absolute Gasteiger partial charge is 0.478 e. The molecule has 1 heterocycles. The topological polar surface area (TPSA) is 71.3 Å². The number of fused-ring (bicyclic) bond motifs is 1. The van der Waals surface area contributed by atoms with Crippen molar-refractivity contribution in [2.24, 2.45) is 0 Å². The fourth-order valence-electron chi connectivity index (χ4n) is 5.03. The SMILES string of the molecule is Cc1c(C)n(Cc2ccc(-c3ccccc3C(=O)O)cc2)c2ccc(C(=O)NC(C)c3cccc(F)c3)cc12. The van der Waals surface area contributed by atoms with E-state index in [0.29, 0.717) is 23.2 Å². The van der Waals surface area contributed by atoms with E-state index in [1.54, 1.807) is 24.3 Å². The van der Waals surface area contributed by atoms with Gasteiger partial charge in [-0.25, -0.2) is 9.18 Å². The zero-order chi connectivity index (χ0) is 27.7. The average Bonchev–Trinajstić information content (AvgIpc) is 3.17. The Morgan fingerprint density at radius 1 is 0.923 bits per heavy atom. The van der Waals surface area contributed by atoms with Gasteiger partial charge in [0, 0.05) is 28.7 Å². The van der Waals surface area contributed by atoms with Gasteiger partial charge in [-0.15, -0.1) is 0 Å². The summed E-state index contributed by atoms with van der Waals surface area (Å²) in [4.78, 5) is 24.6. The summed E-state index contributed by atoms with van der Waals surface area (Å²) in [5.74, 6) is -1.49. The van der Waals surface area contributed by atoms with Crippen LogP contribution in [0.1, 0.15) is 56.1 Å². The molecular weight excluding hydrogens is 491 g/mol. The molecule has 0 aliphatic carbocycles. The smallest absolute Gasteiger partial charge is 0.336 e. The summed E-state index contributed by atoms with van der Waals surface area (Å²) in [7, 11) is 0. The van der Waals surface area contributed by atoms with Gasteiger partial charge in [0.1, 0.15) is 5.82 Å². The van der Waals surface area contributed by atoms with Crippen LogP contribution in [0, 0.1) is 19.7 Å². The monoisotopic (exact) mass is 520 g/mol. The third-order valence-corrected chi connectivity index (χ3v) is 7.36. The maximum absolute atomic E-state index is 13.6. The van der Waals surface area contributed by atoms with E-state index < -0.39 is 5.97 Å². The number of carbonyl (C=O) groups excluding carboxylic acids is 1. The quantitative estimate of drug-likeness (QED) is 0.237. The van der Waals surface area contributed by atoms with Crippen molar-refractivity contribution < 1.29 is 19.1 Å². The maximum Gasteiger partial charge on any atom is 0.336 e. The summed E-state index contributed by atoms with van der Waals surface area (Å²) in [6.45, 7) is 6.59. The Kier molecular flexibility index (Phi) is 7.03. The Labute approximate surface area is 226 Å². The van der Waals surface area contributed by atoms with Gasteiger partial charge in [0.15, 0.2) is 0 Å². The molecule has 0 saturated heterocycles. The first-order valence-corrected chi connectivity index (χ1v) is 12.8. The van der Waals surface area contributed by atoms with Crippen LogP contribution in [-0.4, -0.2) is 21.6 Å². The number of hydrogen-bond acceptors (Lipinski definition) is 2. The van der Waals surface area contributed by atoms with Gasteiger partial charge >= 0.3 is 5.97 Å². The molecule has 1 amide bonds. The summed E-state index contributed by atoms with van der Waals surface area (Å²) in [6.07, 6.45) is 0. The summed E-state index contributed by atoms with van der Waals surface area (Å²) in [6, 6.07) is 26.5. The van der Waals surface area contributed by atoms with Crippen LogP contribution in [0.5, 0.6) is 0 Å². The molecule has 0 saturated carbocycles. The van der Waals surface area contributed by atoms with Crippen molar-refractivity contribution in [1.29, 1.82) is 0 Å². The van der Waals surface area contributed by atoms with Gasteiger partial charge in [0.2, 0.25) is 0 Å². The van der Waals surface area contributed by atoms with Gasteiger partial charge in [-0.2, -0.15) is 0 Å². The van der Waals surface area contributed by atoms with Gasteiger partial charge in [0.05, 0.1) is 11.6 Å². The van der Waals surface area contributed by atoms with Crippen LogP contribution in [0.2, 0.25) is 0 Å². The summed E-state index contributed by atoms with van der Waals surface area (Å²) < 4.78 is 15.8. The van der Waals surface area contributed by atoms with Crippen LogP contribution in [0.3, 0.4) is 0 Å². The number of carboxylic acid groups (broad SMARTS) is 1. The summed E-state index contributed by atoms with van der Waals surface area (Å²) in [5.41, 5.74) is 7.39. The lowest BCUT2D eigenvalue weighted by Crippen LogP contribution is -2.26. The first-order chi connectivity index (χ1) is 18.7. The van der Waals surface area contributed by atoms with E-state index in [4.69, 9.17) is 0 Å². The van der Waals surface area contributed by atoms with Gasteiger partial charge in [0.25, 0.3) is 5.91 Å². The van der Waals surface area contributed by atoms with Gasteiger partial charge in [-0.3, -0.25) is 4.79 Å². The van der Waals surface area contributed by atoms with Crippen molar-refractivity contribution in [3.8, 4) is 11.1 Å². The molecule has 39 heavy (non-hydrogen) atoms. The Hall–Kier alpha value is -4.71. The summed E-state index contributed by atoms with van der Waals surface area (Å²) >= 11 is 0. The van der Waals surface area contributed by atoms with Crippen LogP contribution in [-0.2, 0) is 6.54 Å². The Balaban J connectivity index is 1.39. The molecule has 4 aromatic carbocycles. The highest BCUT2D eigenvalue weighted by atomic mass is 19.1. The molecule has 2 N–H and O–H groups in total. The number of carboxylic acids is 1. The third kappa shape index (κ3) is 5.18. The second-order valence-electron chi connectivity index (χ2n) is 9.83. The molecule has 1 unspecified atom stereocenters. The number of halogens is 1. The predicted molar refractivity (Wildman–Crippen MR) is 152 cm³/mol. The molecule has 0 fully saturated rings. The van der Waals surface area contributed by atoms with Crippen LogP contribution in [0.15, 0.2) is 91.0 Å². The standard InChI is InChI=1S/C33H29FN2O3/c1-20-22(3)36(19-23-11-13-24(14-12-23)28-9-4-5-10-29(28)33(38)39)31-16-15-26(18-30(20)31)32(37)35-21(2)25-7-6-8-27(34)17-25/h4-18,21H,19H2,1-3H3,(H,35,37)(H,38,39). The van der Waals surface area contributed by atoms with Crippen LogP contribution >= 0.6 is 0 Å². The maximum atomic E-state index is 13.6. The van der Waals surface area contributed by atoms with E-state index in [9.17, 15) is 19.1 Å². The van der Waals surface area contributed by atoms with E-state index >= 15 is 0 Å². The first kappa shape index (κ1) is 25.9.